The number of likely N-dealkylation sites (tertiary alicyclic amines) is 1. The zero-order valence-corrected chi connectivity index (χ0v) is 15.4. The van der Waals surface area contributed by atoms with Crippen LogP contribution in [0, 0.1) is 5.82 Å². The zero-order valence-electron chi connectivity index (χ0n) is 15.4. The van der Waals surface area contributed by atoms with Crippen molar-refractivity contribution in [1.29, 1.82) is 0 Å². The molecule has 0 bridgehead atoms. The average Bonchev–Trinajstić information content (AvgIpc) is 2.54. The van der Waals surface area contributed by atoms with Gasteiger partial charge in [0.15, 0.2) is 0 Å². The molecule has 0 N–H and O–H groups in total. The monoisotopic (exact) mass is 350 g/mol. The molecule has 25 heavy (non-hydrogen) atoms. The highest BCUT2D eigenvalue weighted by Crippen LogP contribution is 2.22. The Balaban J connectivity index is 2.05. The summed E-state index contributed by atoms with van der Waals surface area (Å²) < 4.78 is 18.5. The molecular formula is C19H27FN2O3. The highest BCUT2D eigenvalue weighted by molar-refractivity contribution is 5.85. The molecule has 1 fully saturated rings. The molecular weight excluding hydrogens is 323 g/mol. The first-order valence-electron chi connectivity index (χ1n) is 8.66. The molecule has 0 radical (unpaired) electrons. The van der Waals surface area contributed by atoms with Crippen LogP contribution in [0.3, 0.4) is 0 Å². The largest absolute Gasteiger partial charge is 0.444 e. The second kappa shape index (κ2) is 7.85. The van der Waals surface area contributed by atoms with Gasteiger partial charge in [-0.1, -0.05) is 12.1 Å². The third kappa shape index (κ3) is 5.44. The maximum Gasteiger partial charge on any atom is 0.410 e. The Morgan fingerprint density at radius 1 is 1.24 bits per heavy atom. The predicted molar refractivity (Wildman–Crippen MR) is 93.5 cm³/mol. The third-order valence-electron chi connectivity index (χ3n) is 4.13. The first-order valence-corrected chi connectivity index (χ1v) is 8.66. The Morgan fingerprint density at radius 3 is 2.48 bits per heavy atom. The summed E-state index contributed by atoms with van der Waals surface area (Å²) in [6.07, 6.45) is 1.96. The van der Waals surface area contributed by atoms with Crippen LogP contribution < -0.4 is 0 Å². The highest BCUT2D eigenvalue weighted by atomic mass is 19.1. The second-order valence-electron chi connectivity index (χ2n) is 7.51. The minimum Gasteiger partial charge on any atom is -0.444 e. The van der Waals surface area contributed by atoms with Gasteiger partial charge in [-0.05, 0) is 57.7 Å². The third-order valence-corrected chi connectivity index (χ3v) is 4.13. The second-order valence-corrected chi connectivity index (χ2v) is 7.51. The molecule has 0 saturated carbocycles. The minimum atomic E-state index is -0.595. The van der Waals surface area contributed by atoms with E-state index in [9.17, 15) is 14.0 Å². The normalized spacial score (nSPS) is 18.0. The summed E-state index contributed by atoms with van der Waals surface area (Å²) in [6.45, 7) is 6.33. The number of carbonyl (C=O) groups excluding carboxylic acids is 2. The fourth-order valence-corrected chi connectivity index (χ4v) is 2.92. The lowest BCUT2D eigenvalue weighted by molar-refractivity contribution is -0.137. The summed E-state index contributed by atoms with van der Waals surface area (Å²) in [5.74, 6) is -0.420. The molecule has 2 amide bonds. The summed E-state index contributed by atoms with van der Waals surface area (Å²) in [4.78, 5) is 28.4. The van der Waals surface area contributed by atoms with Crippen LogP contribution in [0.15, 0.2) is 24.3 Å². The Morgan fingerprint density at radius 2 is 1.88 bits per heavy atom. The van der Waals surface area contributed by atoms with Gasteiger partial charge < -0.3 is 9.64 Å². The predicted octanol–water partition coefficient (Wildman–Crippen LogP) is 3.57. The first kappa shape index (κ1) is 19.2. The Labute approximate surface area is 148 Å². The number of hydrogen-bond donors (Lipinski definition) is 0. The molecule has 1 aromatic rings. The number of piperidine rings is 1. The van der Waals surface area contributed by atoms with Gasteiger partial charge in [0, 0.05) is 20.1 Å². The Hall–Kier alpha value is -2.11. The standard InChI is InChI=1S/C19H27FN2O3/c1-19(2,3)25-18(24)22-12-6-5-7-16(22)17(23)21(4)13-14-8-10-15(20)11-9-14/h8-11,16H,5-7,12-13H2,1-4H3/t16-/m1/s1. The van der Waals surface area contributed by atoms with Gasteiger partial charge in [-0.15, -0.1) is 0 Å². The minimum absolute atomic E-state index is 0.116. The van der Waals surface area contributed by atoms with Gasteiger partial charge in [-0.25, -0.2) is 9.18 Å². The lowest BCUT2D eigenvalue weighted by Gasteiger charge is -2.37. The molecule has 0 aliphatic carbocycles. The average molecular weight is 350 g/mol. The molecule has 1 aliphatic heterocycles. The summed E-state index contributed by atoms with van der Waals surface area (Å²) in [5, 5.41) is 0. The van der Waals surface area contributed by atoms with Gasteiger partial charge in [0.2, 0.25) is 5.91 Å². The van der Waals surface area contributed by atoms with Crippen molar-refractivity contribution >= 4 is 12.0 Å². The number of ether oxygens (including phenoxy) is 1. The van der Waals surface area contributed by atoms with E-state index in [2.05, 4.69) is 0 Å². The van der Waals surface area contributed by atoms with Gasteiger partial charge in [-0.2, -0.15) is 0 Å². The molecule has 0 spiro atoms. The highest BCUT2D eigenvalue weighted by Gasteiger charge is 2.36. The van der Waals surface area contributed by atoms with E-state index < -0.39 is 17.7 Å². The van der Waals surface area contributed by atoms with E-state index in [0.717, 1.165) is 18.4 Å². The van der Waals surface area contributed by atoms with Crippen LogP contribution in [0.4, 0.5) is 9.18 Å². The Kier molecular flexibility index (Phi) is 6.03. The van der Waals surface area contributed by atoms with E-state index in [4.69, 9.17) is 4.74 Å². The smallest absolute Gasteiger partial charge is 0.410 e. The number of carbonyl (C=O) groups is 2. The fraction of sp³-hybridized carbons (Fsp3) is 0.579. The molecule has 0 aromatic heterocycles. The van der Waals surface area contributed by atoms with Crippen molar-refractivity contribution in [3.63, 3.8) is 0 Å². The van der Waals surface area contributed by atoms with Crippen LogP contribution in [-0.2, 0) is 16.1 Å². The molecule has 1 saturated heterocycles. The topological polar surface area (TPSA) is 49.9 Å². The molecule has 6 heteroatoms. The van der Waals surface area contributed by atoms with Crippen LogP contribution in [0.25, 0.3) is 0 Å². The molecule has 5 nitrogen and oxygen atoms in total. The first-order chi connectivity index (χ1) is 11.7. The van der Waals surface area contributed by atoms with E-state index in [1.165, 1.54) is 17.0 Å². The Bertz CT molecular complexity index is 610. The number of likely N-dealkylation sites (N-methyl/N-ethyl adjacent to an activating group) is 1. The maximum absolute atomic E-state index is 13.0. The van der Waals surface area contributed by atoms with Gasteiger partial charge in [-0.3, -0.25) is 9.69 Å². The van der Waals surface area contributed by atoms with Crippen LogP contribution in [0.5, 0.6) is 0 Å². The van der Waals surface area contributed by atoms with Gasteiger partial charge in [0.25, 0.3) is 0 Å². The fourth-order valence-electron chi connectivity index (χ4n) is 2.92. The number of rotatable bonds is 3. The van der Waals surface area contributed by atoms with Crippen molar-refractivity contribution in [1.82, 2.24) is 9.80 Å². The summed E-state index contributed by atoms with van der Waals surface area (Å²) in [7, 11) is 1.70. The molecule has 1 aliphatic rings. The van der Waals surface area contributed by atoms with E-state index in [0.29, 0.717) is 19.5 Å². The van der Waals surface area contributed by atoms with E-state index in [-0.39, 0.29) is 11.7 Å². The van der Waals surface area contributed by atoms with Crippen LogP contribution in [0.1, 0.15) is 45.6 Å². The number of hydrogen-bond acceptors (Lipinski definition) is 3. The lowest BCUT2D eigenvalue weighted by Crippen LogP contribution is -2.53. The lowest BCUT2D eigenvalue weighted by atomic mass is 10.0. The molecule has 1 heterocycles. The van der Waals surface area contributed by atoms with Crippen molar-refractivity contribution in [2.75, 3.05) is 13.6 Å². The molecule has 2 rings (SSSR count). The summed E-state index contributed by atoms with van der Waals surface area (Å²) >= 11 is 0. The van der Waals surface area contributed by atoms with E-state index >= 15 is 0 Å². The van der Waals surface area contributed by atoms with Crippen molar-refractivity contribution in [3.8, 4) is 0 Å². The van der Waals surface area contributed by atoms with Crippen LogP contribution in [0.2, 0.25) is 0 Å². The quantitative estimate of drug-likeness (QED) is 0.837. The van der Waals surface area contributed by atoms with Crippen molar-refractivity contribution < 1.29 is 18.7 Å². The molecule has 0 unspecified atom stereocenters. The van der Waals surface area contributed by atoms with Crippen molar-refractivity contribution in [2.45, 2.75) is 58.2 Å². The number of halogens is 1. The van der Waals surface area contributed by atoms with Crippen LogP contribution >= 0.6 is 0 Å². The van der Waals surface area contributed by atoms with Crippen molar-refractivity contribution in [2.24, 2.45) is 0 Å². The number of amides is 2. The zero-order chi connectivity index (χ0) is 18.6. The molecule has 1 aromatic carbocycles. The van der Waals surface area contributed by atoms with Gasteiger partial charge in [0.05, 0.1) is 0 Å². The van der Waals surface area contributed by atoms with E-state index in [1.54, 1.807) is 24.1 Å². The van der Waals surface area contributed by atoms with E-state index in [1.807, 2.05) is 20.8 Å². The number of benzene rings is 1. The van der Waals surface area contributed by atoms with Crippen LogP contribution in [-0.4, -0.2) is 47.0 Å². The van der Waals surface area contributed by atoms with Gasteiger partial charge in [0.1, 0.15) is 17.5 Å². The maximum atomic E-state index is 13.0. The SMILES string of the molecule is CN(Cc1ccc(F)cc1)C(=O)[C@H]1CCCCN1C(=O)OC(C)(C)C. The molecule has 1 atom stereocenters. The molecule has 138 valence electrons. The summed E-state index contributed by atoms with van der Waals surface area (Å²) in [6, 6.07) is 5.56. The van der Waals surface area contributed by atoms with Crippen molar-refractivity contribution in [3.05, 3.63) is 35.6 Å². The van der Waals surface area contributed by atoms with Gasteiger partial charge >= 0.3 is 6.09 Å². The number of nitrogens with zero attached hydrogens (tertiary/aromatic N) is 2. The summed E-state index contributed by atoms with van der Waals surface area (Å²) in [5.41, 5.74) is 0.249.